The van der Waals surface area contributed by atoms with E-state index < -0.39 is 11.6 Å². The zero-order chi connectivity index (χ0) is 20.4. The van der Waals surface area contributed by atoms with Gasteiger partial charge in [-0.15, -0.1) is 0 Å². The Bertz CT molecular complexity index is 746. The molecule has 0 aliphatic heterocycles. The minimum absolute atomic E-state index is 0.141. The maximum atomic E-state index is 13.0. The maximum absolute atomic E-state index is 13.0. The highest BCUT2D eigenvalue weighted by Gasteiger charge is 2.46. The fourth-order valence-electron chi connectivity index (χ4n) is 2.88. The van der Waals surface area contributed by atoms with E-state index in [-0.39, 0.29) is 25.4 Å². The number of ether oxygens (including phenoxy) is 2. The van der Waals surface area contributed by atoms with Crippen LogP contribution in [0, 0.1) is 0 Å². The Morgan fingerprint density at radius 2 is 1.50 bits per heavy atom. The number of ketones is 1. The summed E-state index contributed by atoms with van der Waals surface area (Å²) in [6.45, 7) is 2.58. The van der Waals surface area contributed by atoms with E-state index in [1.54, 1.807) is 0 Å². The van der Waals surface area contributed by atoms with Crippen LogP contribution in [0.3, 0.4) is 0 Å². The number of esters is 1. The molecule has 0 N–H and O–H groups in total. The standard InChI is InChI=1S/C23H29NO4/c1-19(25)23(17-20-11-6-4-7-12-20,22(26)27-16-10-15-24(2)3)28-18-21-13-8-5-9-14-21/h4-9,11-14H,10,15-18H2,1-3H3. The van der Waals surface area contributed by atoms with Gasteiger partial charge in [-0.05, 0) is 38.6 Å². The molecule has 2 aromatic rings. The van der Waals surface area contributed by atoms with E-state index in [1.165, 1.54) is 6.92 Å². The molecule has 0 aliphatic carbocycles. The Labute approximate surface area is 167 Å². The van der Waals surface area contributed by atoms with Crippen molar-refractivity contribution in [3.63, 3.8) is 0 Å². The van der Waals surface area contributed by atoms with Crippen LogP contribution in [0.4, 0.5) is 0 Å². The molecule has 0 bridgehead atoms. The number of benzene rings is 2. The van der Waals surface area contributed by atoms with Gasteiger partial charge in [0.15, 0.2) is 5.78 Å². The monoisotopic (exact) mass is 383 g/mol. The van der Waals surface area contributed by atoms with Crippen molar-refractivity contribution in [1.82, 2.24) is 4.90 Å². The molecule has 2 rings (SSSR count). The van der Waals surface area contributed by atoms with Crippen LogP contribution >= 0.6 is 0 Å². The molecule has 0 saturated carbocycles. The lowest BCUT2D eigenvalue weighted by Gasteiger charge is -2.29. The molecule has 1 atom stereocenters. The Kier molecular flexibility index (Phi) is 8.36. The van der Waals surface area contributed by atoms with Crippen molar-refractivity contribution in [3.05, 3.63) is 71.8 Å². The summed E-state index contributed by atoms with van der Waals surface area (Å²) >= 11 is 0. The molecule has 0 saturated heterocycles. The average molecular weight is 383 g/mol. The van der Waals surface area contributed by atoms with E-state index in [2.05, 4.69) is 0 Å². The number of rotatable bonds is 11. The minimum atomic E-state index is -1.66. The Balaban J connectivity index is 2.20. The van der Waals surface area contributed by atoms with E-state index in [0.29, 0.717) is 6.42 Å². The van der Waals surface area contributed by atoms with Gasteiger partial charge in [0.1, 0.15) is 0 Å². The lowest BCUT2D eigenvalue weighted by Crippen LogP contribution is -2.51. The Morgan fingerprint density at radius 3 is 2.04 bits per heavy atom. The van der Waals surface area contributed by atoms with Crippen LogP contribution in [0.5, 0.6) is 0 Å². The lowest BCUT2D eigenvalue weighted by atomic mass is 9.90. The molecule has 0 amide bonds. The van der Waals surface area contributed by atoms with Gasteiger partial charge in [-0.25, -0.2) is 4.79 Å². The topological polar surface area (TPSA) is 55.8 Å². The molecule has 0 fully saturated rings. The van der Waals surface area contributed by atoms with Gasteiger partial charge in [-0.1, -0.05) is 60.7 Å². The van der Waals surface area contributed by atoms with E-state index >= 15 is 0 Å². The number of hydrogen-bond donors (Lipinski definition) is 0. The van der Waals surface area contributed by atoms with Gasteiger partial charge in [0, 0.05) is 13.0 Å². The fourth-order valence-corrected chi connectivity index (χ4v) is 2.88. The van der Waals surface area contributed by atoms with Crippen molar-refractivity contribution in [2.45, 2.75) is 32.0 Å². The van der Waals surface area contributed by atoms with Crippen LogP contribution in [0.25, 0.3) is 0 Å². The highest BCUT2D eigenvalue weighted by molar-refractivity contribution is 6.06. The average Bonchev–Trinajstić information content (AvgIpc) is 2.69. The van der Waals surface area contributed by atoms with Gasteiger partial charge in [0.25, 0.3) is 0 Å². The fraction of sp³-hybridized carbons (Fsp3) is 0.391. The second-order valence-corrected chi connectivity index (χ2v) is 7.11. The third kappa shape index (κ3) is 6.29. The van der Waals surface area contributed by atoms with Crippen molar-refractivity contribution < 1.29 is 19.1 Å². The molecule has 5 heteroatoms. The first-order valence-electron chi connectivity index (χ1n) is 9.49. The highest BCUT2D eigenvalue weighted by Crippen LogP contribution is 2.24. The maximum Gasteiger partial charge on any atom is 0.346 e. The molecule has 28 heavy (non-hydrogen) atoms. The summed E-state index contributed by atoms with van der Waals surface area (Å²) in [5.74, 6) is -0.983. The van der Waals surface area contributed by atoms with Crippen LogP contribution in [0.15, 0.2) is 60.7 Å². The SMILES string of the molecule is CC(=O)C(Cc1ccccc1)(OCc1ccccc1)C(=O)OCCCN(C)C. The number of hydrogen-bond acceptors (Lipinski definition) is 5. The molecule has 0 spiro atoms. The zero-order valence-corrected chi connectivity index (χ0v) is 16.9. The molecule has 5 nitrogen and oxygen atoms in total. The van der Waals surface area contributed by atoms with Gasteiger partial charge in [-0.2, -0.15) is 0 Å². The van der Waals surface area contributed by atoms with Gasteiger partial charge in [-0.3, -0.25) is 4.79 Å². The van der Waals surface area contributed by atoms with Crippen LogP contribution < -0.4 is 0 Å². The number of Topliss-reactive ketones (excluding diaryl/α,β-unsaturated/α-hetero) is 1. The van der Waals surface area contributed by atoms with Crippen molar-refractivity contribution in [2.24, 2.45) is 0 Å². The number of carbonyl (C=O) groups excluding carboxylic acids is 2. The van der Waals surface area contributed by atoms with Gasteiger partial charge in [0.05, 0.1) is 13.2 Å². The molecular formula is C23H29NO4. The largest absolute Gasteiger partial charge is 0.463 e. The van der Waals surface area contributed by atoms with Crippen molar-refractivity contribution >= 4 is 11.8 Å². The molecule has 0 aliphatic rings. The number of nitrogens with zero attached hydrogens (tertiary/aromatic N) is 1. The molecule has 0 aromatic heterocycles. The quantitative estimate of drug-likeness (QED) is 0.339. The molecular weight excluding hydrogens is 354 g/mol. The third-order valence-corrected chi connectivity index (χ3v) is 4.51. The number of carbonyl (C=O) groups is 2. The summed E-state index contributed by atoms with van der Waals surface area (Å²) < 4.78 is 11.5. The normalized spacial score (nSPS) is 13.1. The predicted molar refractivity (Wildman–Crippen MR) is 109 cm³/mol. The van der Waals surface area contributed by atoms with Crippen molar-refractivity contribution in [2.75, 3.05) is 27.2 Å². The molecule has 0 radical (unpaired) electrons. The summed E-state index contributed by atoms with van der Waals surface area (Å²) in [4.78, 5) is 27.7. The second-order valence-electron chi connectivity index (χ2n) is 7.11. The first-order valence-corrected chi connectivity index (χ1v) is 9.49. The summed E-state index contributed by atoms with van der Waals surface area (Å²) in [5.41, 5.74) is 0.0765. The van der Waals surface area contributed by atoms with Crippen LogP contribution in [0.2, 0.25) is 0 Å². The van der Waals surface area contributed by atoms with E-state index in [4.69, 9.17) is 9.47 Å². The van der Waals surface area contributed by atoms with Gasteiger partial charge in [0.2, 0.25) is 5.60 Å². The lowest BCUT2D eigenvalue weighted by molar-refractivity contribution is -0.179. The van der Waals surface area contributed by atoms with E-state index in [1.807, 2.05) is 79.7 Å². The van der Waals surface area contributed by atoms with Crippen molar-refractivity contribution in [1.29, 1.82) is 0 Å². The molecule has 2 aromatic carbocycles. The van der Waals surface area contributed by atoms with Gasteiger partial charge >= 0.3 is 5.97 Å². The van der Waals surface area contributed by atoms with Gasteiger partial charge < -0.3 is 14.4 Å². The zero-order valence-electron chi connectivity index (χ0n) is 16.9. The summed E-state index contributed by atoms with van der Waals surface area (Å²) in [6, 6.07) is 18.9. The Morgan fingerprint density at radius 1 is 0.929 bits per heavy atom. The molecule has 0 heterocycles. The van der Waals surface area contributed by atoms with Crippen LogP contribution in [0.1, 0.15) is 24.5 Å². The highest BCUT2D eigenvalue weighted by atomic mass is 16.6. The predicted octanol–water partition coefficient (Wildman–Crippen LogP) is 3.27. The molecule has 1 unspecified atom stereocenters. The van der Waals surface area contributed by atoms with Crippen LogP contribution in [-0.4, -0.2) is 49.5 Å². The molecule has 150 valence electrons. The Hall–Kier alpha value is -2.50. The van der Waals surface area contributed by atoms with Crippen LogP contribution in [-0.2, 0) is 32.1 Å². The first-order chi connectivity index (χ1) is 13.4. The smallest absolute Gasteiger partial charge is 0.346 e. The second kappa shape index (κ2) is 10.7. The summed E-state index contributed by atoms with van der Waals surface area (Å²) in [5, 5.41) is 0. The minimum Gasteiger partial charge on any atom is -0.463 e. The third-order valence-electron chi connectivity index (χ3n) is 4.51. The summed E-state index contributed by atoms with van der Waals surface area (Å²) in [7, 11) is 3.92. The van der Waals surface area contributed by atoms with E-state index in [9.17, 15) is 9.59 Å². The first kappa shape index (κ1) is 21.8. The van der Waals surface area contributed by atoms with E-state index in [0.717, 1.165) is 17.7 Å². The summed E-state index contributed by atoms with van der Waals surface area (Å²) in [6.07, 6.45) is 0.833. The van der Waals surface area contributed by atoms with Crippen molar-refractivity contribution in [3.8, 4) is 0 Å².